The van der Waals surface area contributed by atoms with Gasteiger partial charge in [0.25, 0.3) is 0 Å². The number of hydrogen-bond donors (Lipinski definition) is 1. The molecule has 0 saturated carbocycles. The standard InChI is InChI=1S/C14H21N3/c1-2-3-10-17(11-9-13(16)12-15)14-7-5-4-6-8-14/h4-8,13H,2-3,9-11,16H2,1H3. The summed E-state index contributed by atoms with van der Waals surface area (Å²) in [5.41, 5.74) is 6.85. The average Bonchev–Trinajstić information content (AvgIpc) is 2.39. The Labute approximate surface area is 104 Å². The minimum atomic E-state index is -0.358. The van der Waals surface area contributed by atoms with E-state index < -0.39 is 0 Å². The molecule has 3 heteroatoms. The van der Waals surface area contributed by atoms with Crippen LogP contribution in [0.4, 0.5) is 5.69 Å². The van der Waals surface area contributed by atoms with Gasteiger partial charge in [-0.25, -0.2) is 0 Å². The van der Waals surface area contributed by atoms with Gasteiger partial charge in [0.1, 0.15) is 0 Å². The van der Waals surface area contributed by atoms with Gasteiger partial charge in [0, 0.05) is 18.8 Å². The highest BCUT2D eigenvalue weighted by molar-refractivity contribution is 5.45. The average molecular weight is 231 g/mol. The second-order valence-electron chi connectivity index (χ2n) is 4.20. The van der Waals surface area contributed by atoms with E-state index in [0.29, 0.717) is 0 Å². The van der Waals surface area contributed by atoms with Crippen molar-refractivity contribution in [2.75, 3.05) is 18.0 Å². The molecule has 1 atom stereocenters. The number of nitriles is 1. The van der Waals surface area contributed by atoms with E-state index in [1.54, 1.807) is 0 Å². The number of nitrogens with zero attached hydrogens (tertiary/aromatic N) is 2. The Morgan fingerprint density at radius 2 is 2.00 bits per heavy atom. The number of benzene rings is 1. The molecule has 0 aliphatic heterocycles. The van der Waals surface area contributed by atoms with Gasteiger partial charge in [-0.15, -0.1) is 0 Å². The maximum atomic E-state index is 8.70. The minimum absolute atomic E-state index is 0.358. The Bertz CT molecular complexity index is 342. The molecule has 0 radical (unpaired) electrons. The van der Waals surface area contributed by atoms with E-state index in [1.807, 2.05) is 18.2 Å². The molecule has 0 amide bonds. The summed E-state index contributed by atoms with van der Waals surface area (Å²) >= 11 is 0. The molecule has 2 N–H and O–H groups in total. The fourth-order valence-electron chi connectivity index (χ4n) is 1.72. The number of hydrogen-bond acceptors (Lipinski definition) is 3. The van der Waals surface area contributed by atoms with E-state index in [9.17, 15) is 0 Å². The molecule has 1 aromatic rings. The fraction of sp³-hybridized carbons (Fsp3) is 0.500. The smallest absolute Gasteiger partial charge is 0.0944 e. The van der Waals surface area contributed by atoms with E-state index in [4.69, 9.17) is 11.0 Å². The molecular formula is C14H21N3. The molecular weight excluding hydrogens is 210 g/mol. The maximum absolute atomic E-state index is 8.70. The summed E-state index contributed by atoms with van der Waals surface area (Å²) in [5.74, 6) is 0. The maximum Gasteiger partial charge on any atom is 0.0944 e. The van der Waals surface area contributed by atoms with Crippen LogP contribution in [-0.4, -0.2) is 19.1 Å². The van der Waals surface area contributed by atoms with Crippen molar-refractivity contribution in [3.05, 3.63) is 30.3 Å². The Morgan fingerprint density at radius 3 is 2.59 bits per heavy atom. The van der Waals surface area contributed by atoms with Crippen molar-refractivity contribution in [1.82, 2.24) is 0 Å². The van der Waals surface area contributed by atoms with Crippen LogP contribution in [0.3, 0.4) is 0 Å². The summed E-state index contributed by atoms with van der Waals surface area (Å²) in [6.45, 7) is 4.06. The molecule has 17 heavy (non-hydrogen) atoms. The van der Waals surface area contributed by atoms with Gasteiger partial charge in [-0.1, -0.05) is 31.5 Å². The molecule has 0 spiro atoms. The number of unbranched alkanes of at least 4 members (excludes halogenated alkanes) is 1. The number of anilines is 1. The molecule has 92 valence electrons. The van der Waals surface area contributed by atoms with E-state index in [2.05, 4.69) is 30.0 Å². The second-order valence-corrected chi connectivity index (χ2v) is 4.20. The molecule has 1 rings (SSSR count). The molecule has 0 aromatic heterocycles. The van der Waals surface area contributed by atoms with Crippen molar-refractivity contribution in [3.8, 4) is 6.07 Å². The zero-order valence-corrected chi connectivity index (χ0v) is 10.5. The summed E-state index contributed by atoms with van der Waals surface area (Å²) in [6, 6.07) is 12.0. The molecule has 0 saturated heterocycles. The van der Waals surface area contributed by atoms with E-state index >= 15 is 0 Å². The Morgan fingerprint density at radius 1 is 1.29 bits per heavy atom. The lowest BCUT2D eigenvalue weighted by Crippen LogP contribution is -2.30. The molecule has 1 unspecified atom stereocenters. The van der Waals surface area contributed by atoms with Gasteiger partial charge in [0.2, 0.25) is 0 Å². The third kappa shape index (κ3) is 4.88. The van der Waals surface area contributed by atoms with Gasteiger partial charge < -0.3 is 10.6 Å². The predicted octanol–water partition coefficient (Wildman–Crippen LogP) is 2.53. The van der Waals surface area contributed by atoms with Gasteiger partial charge in [-0.3, -0.25) is 0 Å². The summed E-state index contributed by atoms with van der Waals surface area (Å²) in [5, 5.41) is 8.70. The van der Waals surface area contributed by atoms with Crippen LogP contribution in [0.25, 0.3) is 0 Å². The summed E-state index contributed by atoms with van der Waals surface area (Å²) in [7, 11) is 0. The van der Waals surface area contributed by atoms with Crippen LogP contribution in [0.1, 0.15) is 26.2 Å². The van der Waals surface area contributed by atoms with Crippen molar-refractivity contribution in [1.29, 1.82) is 5.26 Å². The Kier molecular flexibility index (Phi) is 6.13. The van der Waals surface area contributed by atoms with Crippen molar-refractivity contribution >= 4 is 5.69 Å². The lowest BCUT2D eigenvalue weighted by Gasteiger charge is -2.25. The second kappa shape index (κ2) is 7.70. The summed E-state index contributed by atoms with van der Waals surface area (Å²) in [6.07, 6.45) is 3.05. The van der Waals surface area contributed by atoms with Crippen LogP contribution in [0.15, 0.2) is 30.3 Å². The molecule has 0 aliphatic carbocycles. The van der Waals surface area contributed by atoms with Gasteiger partial charge in [-0.2, -0.15) is 5.26 Å². The SMILES string of the molecule is CCCCN(CCC(N)C#N)c1ccccc1. The first-order valence-corrected chi connectivity index (χ1v) is 6.23. The van der Waals surface area contributed by atoms with Gasteiger partial charge >= 0.3 is 0 Å². The van der Waals surface area contributed by atoms with Crippen LogP contribution in [-0.2, 0) is 0 Å². The van der Waals surface area contributed by atoms with Crippen molar-refractivity contribution in [2.45, 2.75) is 32.2 Å². The normalized spacial score (nSPS) is 11.8. The van der Waals surface area contributed by atoms with Gasteiger partial charge in [0.15, 0.2) is 0 Å². The van der Waals surface area contributed by atoms with Gasteiger partial charge in [-0.05, 0) is 25.0 Å². The van der Waals surface area contributed by atoms with Crippen LogP contribution in [0.2, 0.25) is 0 Å². The van der Waals surface area contributed by atoms with Gasteiger partial charge in [0.05, 0.1) is 12.1 Å². The number of rotatable bonds is 7. The first-order chi connectivity index (χ1) is 8.27. The predicted molar refractivity (Wildman–Crippen MR) is 71.8 cm³/mol. The lowest BCUT2D eigenvalue weighted by molar-refractivity contribution is 0.657. The first kappa shape index (κ1) is 13.5. The van der Waals surface area contributed by atoms with E-state index in [1.165, 1.54) is 12.1 Å². The molecule has 0 bridgehead atoms. The highest BCUT2D eigenvalue weighted by Gasteiger charge is 2.07. The zero-order chi connectivity index (χ0) is 12.5. The van der Waals surface area contributed by atoms with Crippen molar-refractivity contribution in [3.63, 3.8) is 0 Å². The third-order valence-electron chi connectivity index (χ3n) is 2.78. The quantitative estimate of drug-likeness (QED) is 0.784. The Hall–Kier alpha value is -1.53. The molecule has 0 aliphatic rings. The van der Waals surface area contributed by atoms with E-state index in [0.717, 1.165) is 25.9 Å². The van der Waals surface area contributed by atoms with Crippen LogP contribution >= 0.6 is 0 Å². The van der Waals surface area contributed by atoms with Crippen LogP contribution in [0, 0.1) is 11.3 Å². The number of para-hydroxylation sites is 1. The molecule has 3 nitrogen and oxygen atoms in total. The fourth-order valence-corrected chi connectivity index (χ4v) is 1.72. The Balaban J connectivity index is 2.58. The van der Waals surface area contributed by atoms with E-state index in [-0.39, 0.29) is 6.04 Å². The van der Waals surface area contributed by atoms with Crippen molar-refractivity contribution < 1.29 is 0 Å². The summed E-state index contributed by atoms with van der Waals surface area (Å²) in [4.78, 5) is 2.31. The highest BCUT2D eigenvalue weighted by Crippen LogP contribution is 2.14. The first-order valence-electron chi connectivity index (χ1n) is 6.23. The molecule has 0 fully saturated rings. The monoisotopic (exact) mass is 231 g/mol. The lowest BCUT2D eigenvalue weighted by atomic mass is 10.2. The highest BCUT2D eigenvalue weighted by atomic mass is 15.1. The largest absolute Gasteiger partial charge is 0.371 e. The minimum Gasteiger partial charge on any atom is -0.371 e. The zero-order valence-electron chi connectivity index (χ0n) is 10.5. The topological polar surface area (TPSA) is 53.0 Å². The molecule has 0 heterocycles. The van der Waals surface area contributed by atoms with Crippen molar-refractivity contribution in [2.24, 2.45) is 5.73 Å². The summed E-state index contributed by atoms with van der Waals surface area (Å²) < 4.78 is 0. The number of nitrogens with two attached hydrogens (primary N) is 1. The van der Waals surface area contributed by atoms with Crippen LogP contribution < -0.4 is 10.6 Å². The molecule has 1 aromatic carbocycles. The van der Waals surface area contributed by atoms with Crippen LogP contribution in [0.5, 0.6) is 0 Å². The third-order valence-corrected chi connectivity index (χ3v) is 2.78.